The van der Waals surface area contributed by atoms with E-state index in [2.05, 4.69) is 10.5 Å². The highest BCUT2D eigenvalue weighted by Crippen LogP contribution is 2.30. The molecule has 8 heteroatoms. The van der Waals surface area contributed by atoms with Gasteiger partial charge in [-0.25, -0.2) is 14.8 Å². The van der Waals surface area contributed by atoms with Crippen molar-refractivity contribution in [2.24, 2.45) is 5.10 Å². The van der Waals surface area contributed by atoms with E-state index in [9.17, 15) is 14.4 Å². The van der Waals surface area contributed by atoms with Crippen molar-refractivity contribution < 1.29 is 19.1 Å². The van der Waals surface area contributed by atoms with E-state index in [4.69, 9.17) is 4.74 Å². The van der Waals surface area contributed by atoms with Crippen molar-refractivity contribution in [1.29, 1.82) is 0 Å². The Balaban J connectivity index is 2.07. The summed E-state index contributed by atoms with van der Waals surface area (Å²) in [5, 5.41) is 6.79. The summed E-state index contributed by atoms with van der Waals surface area (Å²) in [6.45, 7) is 8.23. The molecule has 1 fully saturated rings. The van der Waals surface area contributed by atoms with Crippen LogP contribution in [-0.4, -0.2) is 58.2 Å². The second-order valence-corrected chi connectivity index (χ2v) is 5.91. The fourth-order valence-electron chi connectivity index (χ4n) is 2.83. The lowest BCUT2D eigenvalue weighted by Gasteiger charge is -2.35. The van der Waals surface area contributed by atoms with Crippen LogP contribution in [0.1, 0.15) is 40.5 Å². The lowest BCUT2D eigenvalue weighted by molar-refractivity contribution is -0.160. The number of esters is 1. The van der Waals surface area contributed by atoms with Crippen LogP contribution in [0.15, 0.2) is 5.10 Å². The van der Waals surface area contributed by atoms with Crippen molar-refractivity contribution >= 4 is 23.5 Å². The van der Waals surface area contributed by atoms with Gasteiger partial charge in [0.1, 0.15) is 11.8 Å². The van der Waals surface area contributed by atoms with Crippen LogP contribution in [-0.2, 0) is 19.1 Å². The smallest absolute Gasteiger partial charge is 0.354 e. The Bertz CT molecular complexity index is 529. The summed E-state index contributed by atoms with van der Waals surface area (Å²) in [7, 11) is 0. The Labute approximate surface area is 129 Å². The number of rotatable bonds is 4. The molecule has 0 spiro atoms. The average molecular weight is 310 g/mol. The highest BCUT2D eigenvalue weighted by atomic mass is 16.5. The Kier molecular flexibility index (Phi) is 4.50. The third kappa shape index (κ3) is 2.83. The summed E-state index contributed by atoms with van der Waals surface area (Å²) in [5.41, 5.74) is 2.41. The van der Waals surface area contributed by atoms with Crippen LogP contribution in [0.3, 0.4) is 0 Å². The van der Waals surface area contributed by atoms with E-state index in [1.807, 2.05) is 20.8 Å². The maximum Gasteiger partial charge on any atom is 0.354 e. The minimum atomic E-state index is -0.716. The molecule has 122 valence electrons. The molecular weight excluding hydrogens is 288 g/mol. The number of hydrogen-bond acceptors (Lipinski definition) is 7. The van der Waals surface area contributed by atoms with Gasteiger partial charge in [0.2, 0.25) is 5.91 Å². The first-order valence-corrected chi connectivity index (χ1v) is 7.45. The summed E-state index contributed by atoms with van der Waals surface area (Å²) in [6.07, 6.45) is 0.407. The van der Waals surface area contributed by atoms with Gasteiger partial charge < -0.3 is 4.74 Å². The Morgan fingerprint density at radius 1 is 1.41 bits per heavy atom. The molecule has 0 saturated carbocycles. The average Bonchev–Trinajstić information content (AvgIpc) is 3.00. The number of ether oxygens (including phenoxy) is 1. The summed E-state index contributed by atoms with van der Waals surface area (Å²) >= 11 is 0. The maximum absolute atomic E-state index is 12.6. The van der Waals surface area contributed by atoms with Crippen LogP contribution in [0.5, 0.6) is 0 Å². The molecule has 2 aliphatic rings. The predicted octanol–water partition coefficient (Wildman–Crippen LogP) is 0.0418. The summed E-state index contributed by atoms with van der Waals surface area (Å²) < 4.78 is 4.86. The topological polar surface area (TPSA) is 91.3 Å². The third-order valence-electron chi connectivity index (χ3n) is 3.83. The number of hydrazone groups is 1. The van der Waals surface area contributed by atoms with Crippen molar-refractivity contribution in [3.8, 4) is 0 Å². The summed E-state index contributed by atoms with van der Waals surface area (Å²) in [6, 6.07) is -0.716. The van der Waals surface area contributed by atoms with E-state index in [0.29, 0.717) is 6.54 Å². The molecule has 1 N–H and O–H groups in total. The van der Waals surface area contributed by atoms with Gasteiger partial charge in [-0.3, -0.25) is 15.0 Å². The normalized spacial score (nSPS) is 24.2. The SMILES string of the molecule is CCOC(=O)C1=NN[C@H](C(=O)N2C(=O)CC(C)(C)N2CC)C1. The number of hydrogen-bond donors (Lipinski definition) is 1. The van der Waals surface area contributed by atoms with E-state index >= 15 is 0 Å². The molecule has 0 aromatic rings. The van der Waals surface area contributed by atoms with Crippen LogP contribution in [0, 0.1) is 0 Å². The van der Waals surface area contributed by atoms with Crippen molar-refractivity contribution in [2.75, 3.05) is 13.2 Å². The molecule has 0 radical (unpaired) electrons. The van der Waals surface area contributed by atoms with Crippen LogP contribution in [0.2, 0.25) is 0 Å². The molecule has 0 bridgehead atoms. The van der Waals surface area contributed by atoms with E-state index in [-0.39, 0.29) is 37.0 Å². The van der Waals surface area contributed by atoms with E-state index in [1.165, 1.54) is 5.01 Å². The number of hydrazine groups is 1. The predicted molar refractivity (Wildman–Crippen MR) is 78.5 cm³/mol. The van der Waals surface area contributed by atoms with E-state index < -0.39 is 17.6 Å². The van der Waals surface area contributed by atoms with E-state index in [1.54, 1.807) is 11.9 Å². The molecule has 2 aliphatic heterocycles. The summed E-state index contributed by atoms with van der Waals surface area (Å²) in [5.74, 6) is -1.16. The fourth-order valence-corrected chi connectivity index (χ4v) is 2.83. The van der Waals surface area contributed by atoms with Crippen LogP contribution in [0.4, 0.5) is 0 Å². The second kappa shape index (κ2) is 6.04. The molecule has 8 nitrogen and oxygen atoms in total. The first kappa shape index (κ1) is 16.4. The van der Waals surface area contributed by atoms with Gasteiger partial charge in [-0.05, 0) is 20.8 Å². The van der Waals surface area contributed by atoms with E-state index in [0.717, 1.165) is 0 Å². The van der Waals surface area contributed by atoms with Crippen molar-refractivity contribution in [3.63, 3.8) is 0 Å². The van der Waals surface area contributed by atoms with Crippen molar-refractivity contribution in [1.82, 2.24) is 15.4 Å². The number of nitrogens with one attached hydrogen (secondary N) is 1. The lowest BCUT2D eigenvalue weighted by atomic mass is 10.0. The Morgan fingerprint density at radius 2 is 2.09 bits per heavy atom. The Morgan fingerprint density at radius 3 is 2.68 bits per heavy atom. The maximum atomic E-state index is 12.6. The molecule has 0 aromatic heterocycles. The molecule has 0 aliphatic carbocycles. The van der Waals surface area contributed by atoms with Gasteiger partial charge >= 0.3 is 5.97 Å². The highest BCUT2D eigenvalue weighted by Gasteiger charge is 2.48. The number of carbonyl (C=O) groups is 3. The summed E-state index contributed by atoms with van der Waals surface area (Å²) in [4.78, 5) is 36.4. The van der Waals surface area contributed by atoms with Crippen LogP contribution >= 0.6 is 0 Å². The third-order valence-corrected chi connectivity index (χ3v) is 3.83. The number of amides is 2. The molecule has 2 heterocycles. The second-order valence-electron chi connectivity index (χ2n) is 5.91. The van der Waals surface area contributed by atoms with Gasteiger partial charge in [0.25, 0.3) is 5.91 Å². The fraction of sp³-hybridized carbons (Fsp3) is 0.714. The van der Waals surface area contributed by atoms with Crippen LogP contribution < -0.4 is 5.43 Å². The number of nitrogens with zero attached hydrogens (tertiary/aromatic N) is 3. The molecular formula is C14H22N4O4. The van der Waals surface area contributed by atoms with Crippen LogP contribution in [0.25, 0.3) is 0 Å². The highest BCUT2D eigenvalue weighted by molar-refractivity contribution is 6.37. The minimum absolute atomic E-state index is 0.124. The zero-order chi connectivity index (χ0) is 16.5. The van der Waals surface area contributed by atoms with Crippen molar-refractivity contribution in [2.45, 2.75) is 52.1 Å². The minimum Gasteiger partial charge on any atom is -0.461 e. The number of carbonyl (C=O) groups excluding carboxylic acids is 3. The molecule has 1 atom stereocenters. The molecule has 22 heavy (non-hydrogen) atoms. The molecule has 1 saturated heterocycles. The molecule has 0 aromatic carbocycles. The zero-order valence-electron chi connectivity index (χ0n) is 13.4. The molecule has 2 rings (SSSR count). The molecule has 2 amide bonds. The van der Waals surface area contributed by atoms with Crippen molar-refractivity contribution in [3.05, 3.63) is 0 Å². The van der Waals surface area contributed by atoms with Gasteiger partial charge in [0.15, 0.2) is 0 Å². The Hall–Kier alpha value is -1.96. The monoisotopic (exact) mass is 310 g/mol. The zero-order valence-corrected chi connectivity index (χ0v) is 13.4. The molecule has 0 unspecified atom stereocenters. The standard InChI is InChI=1S/C14H22N4O4/c1-5-17-14(3,4)8-11(19)18(17)12(20)9-7-10(16-15-9)13(21)22-6-2/h9,15H,5-8H2,1-4H3/t9-/m0/s1. The first-order valence-electron chi connectivity index (χ1n) is 7.45. The van der Waals surface area contributed by atoms with Gasteiger partial charge in [-0.15, -0.1) is 0 Å². The van der Waals surface area contributed by atoms with Gasteiger partial charge in [0.05, 0.1) is 6.61 Å². The lowest BCUT2D eigenvalue weighted by Crippen LogP contribution is -2.54. The first-order chi connectivity index (χ1) is 10.3. The number of imide groups is 1. The van der Waals surface area contributed by atoms with Gasteiger partial charge in [0, 0.05) is 24.9 Å². The van der Waals surface area contributed by atoms with Gasteiger partial charge in [-0.2, -0.15) is 5.10 Å². The van der Waals surface area contributed by atoms with Gasteiger partial charge in [-0.1, -0.05) is 6.92 Å². The quantitative estimate of drug-likeness (QED) is 0.582. The largest absolute Gasteiger partial charge is 0.461 e.